The number of aryl methyl sites for hydroxylation is 1. The molecule has 0 saturated carbocycles. The van der Waals surface area contributed by atoms with Gasteiger partial charge in [0, 0.05) is 41.1 Å². The number of carbonyl (C=O) groups excluding carboxylic acids is 1. The number of nitrogens with one attached hydrogen (secondary N) is 2. The zero-order chi connectivity index (χ0) is 26.8. The first kappa shape index (κ1) is 28.3. The summed E-state index contributed by atoms with van der Waals surface area (Å²) in [6.07, 6.45) is 8.84. The fraction of sp³-hybridized carbons (Fsp3) is 0.308. The molecule has 1 unspecified atom stereocenters. The van der Waals surface area contributed by atoms with Gasteiger partial charge in [-0.1, -0.05) is 25.1 Å². The molecule has 0 fully saturated rings. The molecular formula is C26H32N4O5S2. The summed E-state index contributed by atoms with van der Waals surface area (Å²) >= 11 is 0. The lowest BCUT2D eigenvalue weighted by Gasteiger charge is -2.16. The molecule has 198 valence electrons. The summed E-state index contributed by atoms with van der Waals surface area (Å²) in [6.45, 7) is 3.81. The van der Waals surface area contributed by atoms with Crippen molar-refractivity contribution in [2.45, 2.75) is 43.4 Å². The van der Waals surface area contributed by atoms with Crippen LogP contribution < -0.4 is 10.6 Å². The van der Waals surface area contributed by atoms with Gasteiger partial charge in [0.25, 0.3) is 16.0 Å². The smallest absolute Gasteiger partial charge is 0.261 e. The van der Waals surface area contributed by atoms with Gasteiger partial charge >= 0.3 is 0 Å². The topological polar surface area (TPSA) is 130 Å². The van der Waals surface area contributed by atoms with Crippen molar-refractivity contribution in [3.8, 4) is 0 Å². The highest BCUT2D eigenvalue weighted by Crippen LogP contribution is 2.24. The molecule has 3 N–H and O–H groups in total. The zero-order valence-corrected chi connectivity index (χ0v) is 22.5. The van der Waals surface area contributed by atoms with E-state index in [0.29, 0.717) is 24.1 Å². The van der Waals surface area contributed by atoms with Gasteiger partial charge in [-0.05, 0) is 61.2 Å². The second kappa shape index (κ2) is 13.3. The number of nitrogens with zero attached hydrogens (tertiary/aromatic N) is 2. The minimum Gasteiger partial charge on any atom is -0.385 e. The number of benzene rings is 2. The van der Waals surface area contributed by atoms with E-state index in [4.69, 9.17) is 4.55 Å². The lowest BCUT2D eigenvalue weighted by molar-refractivity contribution is -0.112. The number of rotatable bonds is 7. The highest BCUT2D eigenvalue weighted by atomic mass is 32.2. The largest absolute Gasteiger partial charge is 0.385 e. The van der Waals surface area contributed by atoms with Gasteiger partial charge in [-0.2, -0.15) is 8.42 Å². The van der Waals surface area contributed by atoms with Gasteiger partial charge < -0.3 is 15.2 Å². The zero-order valence-electron chi connectivity index (χ0n) is 20.9. The minimum atomic E-state index is -3.67. The molecule has 3 aromatic rings. The van der Waals surface area contributed by atoms with Gasteiger partial charge in [-0.25, -0.2) is 4.98 Å². The van der Waals surface area contributed by atoms with E-state index in [2.05, 4.69) is 22.5 Å². The van der Waals surface area contributed by atoms with E-state index in [-0.39, 0.29) is 5.91 Å². The molecule has 2 aromatic carbocycles. The third-order valence-electron chi connectivity index (χ3n) is 5.44. The second-order valence-corrected chi connectivity index (χ2v) is 11.5. The Morgan fingerprint density at radius 3 is 2.59 bits per heavy atom. The molecule has 11 heteroatoms. The summed E-state index contributed by atoms with van der Waals surface area (Å²) in [5.41, 5.74) is 4.49. The SMILES string of the molecule is CCCn1cncc1CS(=O)c1ccc(NC(=O)C2=Cc3ccccc3NCCC2)cc1.CS(=O)(=O)O. The summed E-state index contributed by atoms with van der Waals surface area (Å²) in [5.74, 6) is 0.325. The van der Waals surface area contributed by atoms with E-state index in [1.165, 1.54) is 0 Å². The van der Waals surface area contributed by atoms with Crippen LogP contribution in [0.3, 0.4) is 0 Å². The first-order chi connectivity index (χ1) is 17.6. The Morgan fingerprint density at radius 2 is 1.89 bits per heavy atom. The average molecular weight is 545 g/mol. The normalized spacial score (nSPS) is 14.0. The van der Waals surface area contributed by atoms with E-state index >= 15 is 0 Å². The Labute approximate surface area is 220 Å². The Hall–Kier alpha value is -3.28. The van der Waals surface area contributed by atoms with Crippen molar-refractivity contribution in [1.82, 2.24) is 9.55 Å². The summed E-state index contributed by atoms with van der Waals surface area (Å²) in [7, 11) is -4.84. The molecule has 0 radical (unpaired) electrons. The van der Waals surface area contributed by atoms with Crippen LogP contribution in [0.1, 0.15) is 37.4 Å². The number of fused-ring (bicyclic) bond motifs is 1. The average Bonchev–Trinajstić information content (AvgIpc) is 3.25. The van der Waals surface area contributed by atoms with Crippen LogP contribution in [-0.4, -0.2) is 45.4 Å². The van der Waals surface area contributed by atoms with Crippen LogP contribution in [0.4, 0.5) is 11.4 Å². The monoisotopic (exact) mass is 544 g/mol. The minimum absolute atomic E-state index is 0.0981. The fourth-order valence-electron chi connectivity index (χ4n) is 3.75. The van der Waals surface area contributed by atoms with Gasteiger partial charge in [-0.15, -0.1) is 0 Å². The second-order valence-electron chi connectivity index (χ2n) is 8.57. The third-order valence-corrected chi connectivity index (χ3v) is 6.79. The van der Waals surface area contributed by atoms with Crippen LogP contribution in [0, 0.1) is 0 Å². The maximum Gasteiger partial charge on any atom is 0.261 e. The van der Waals surface area contributed by atoms with Crippen LogP contribution in [0.25, 0.3) is 6.08 Å². The number of hydrogen-bond donors (Lipinski definition) is 3. The number of aromatic nitrogens is 2. The van der Waals surface area contributed by atoms with E-state index in [0.717, 1.165) is 53.3 Å². The van der Waals surface area contributed by atoms with Crippen molar-refractivity contribution in [1.29, 1.82) is 0 Å². The molecule has 0 bridgehead atoms. The predicted molar refractivity (Wildman–Crippen MR) is 147 cm³/mol. The first-order valence-corrected chi connectivity index (χ1v) is 15.1. The molecular weight excluding hydrogens is 512 g/mol. The maximum absolute atomic E-state index is 12.9. The van der Waals surface area contributed by atoms with Crippen molar-refractivity contribution in [2.24, 2.45) is 0 Å². The number of carbonyl (C=O) groups is 1. The van der Waals surface area contributed by atoms with Gasteiger partial charge in [0.2, 0.25) is 0 Å². The molecule has 1 amide bonds. The standard InChI is InChI=1S/C25H28N4O2S.CH4O3S/c1-2-14-29-18-26-16-22(29)17-32(31)23-11-9-21(10-12-23)28-25(30)20-7-5-13-27-24-8-4-3-6-19(24)15-20;1-5(2,3)4/h3-4,6,8-12,15-16,18,27H,2,5,7,13-14,17H2,1H3,(H,28,30);1H3,(H,2,3,4). The Bertz CT molecular complexity index is 1360. The molecule has 0 aliphatic carbocycles. The van der Waals surface area contributed by atoms with Crippen molar-refractivity contribution >= 4 is 44.3 Å². The van der Waals surface area contributed by atoms with Gasteiger partial charge in [-0.3, -0.25) is 13.6 Å². The van der Waals surface area contributed by atoms with Crippen molar-refractivity contribution in [3.63, 3.8) is 0 Å². The number of para-hydroxylation sites is 1. The molecule has 1 aromatic heterocycles. The Morgan fingerprint density at radius 1 is 1.19 bits per heavy atom. The number of amides is 1. The first-order valence-electron chi connectivity index (χ1n) is 11.9. The molecule has 37 heavy (non-hydrogen) atoms. The quantitative estimate of drug-likeness (QED) is 0.377. The van der Waals surface area contributed by atoms with E-state index in [1.54, 1.807) is 12.5 Å². The van der Waals surface area contributed by atoms with Crippen molar-refractivity contribution < 1.29 is 22.0 Å². The molecule has 0 spiro atoms. The number of hydrogen-bond acceptors (Lipinski definition) is 6. The molecule has 1 atom stereocenters. The highest BCUT2D eigenvalue weighted by Gasteiger charge is 2.14. The molecule has 9 nitrogen and oxygen atoms in total. The Kier molecular flexibility index (Phi) is 10.2. The highest BCUT2D eigenvalue weighted by molar-refractivity contribution is 7.85. The molecule has 1 aliphatic heterocycles. The lowest BCUT2D eigenvalue weighted by Crippen LogP contribution is -2.17. The van der Waals surface area contributed by atoms with Gasteiger partial charge in [0.15, 0.2) is 0 Å². The third kappa shape index (κ3) is 9.27. The van der Waals surface area contributed by atoms with Crippen LogP contribution in [0.15, 0.2) is 71.5 Å². The Balaban J connectivity index is 0.000000695. The van der Waals surface area contributed by atoms with Gasteiger partial charge in [0.1, 0.15) is 0 Å². The summed E-state index contributed by atoms with van der Waals surface area (Å²) < 4.78 is 40.7. The van der Waals surface area contributed by atoms with E-state index in [9.17, 15) is 17.4 Å². The van der Waals surface area contributed by atoms with Crippen LogP contribution >= 0.6 is 0 Å². The summed E-state index contributed by atoms with van der Waals surface area (Å²) in [4.78, 5) is 17.8. The van der Waals surface area contributed by atoms with Crippen LogP contribution in [0.2, 0.25) is 0 Å². The molecule has 2 heterocycles. The number of imidazole rings is 1. The lowest BCUT2D eigenvalue weighted by atomic mass is 10.0. The fourth-order valence-corrected chi connectivity index (χ4v) is 4.87. The molecule has 0 saturated heterocycles. The van der Waals surface area contributed by atoms with E-state index < -0.39 is 20.9 Å². The molecule has 1 aliphatic rings. The number of anilines is 2. The van der Waals surface area contributed by atoms with Crippen LogP contribution in [-0.2, 0) is 38.0 Å². The van der Waals surface area contributed by atoms with Crippen molar-refractivity contribution in [2.75, 3.05) is 23.4 Å². The summed E-state index contributed by atoms with van der Waals surface area (Å²) in [6, 6.07) is 15.3. The van der Waals surface area contributed by atoms with Crippen molar-refractivity contribution in [3.05, 3.63) is 77.9 Å². The maximum atomic E-state index is 12.9. The van der Waals surface area contributed by atoms with E-state index in [1.807, 2.05) is 59.2 Å². The van der Waals surface area contributed by atoms with Crippen LogP contribution in [0.5, 0.6) is 0 Å². The summed E-state index contributed by atoms with van der Waals surface area (Å²) in [5, 5.41) is 6.39. The molecule has 4 rings (SSSR count). The van der Waals surface area contributed by atoms with Gasteiger partial charge in [0.05, 0.1) is 34.8 Å². The predicted octanol–water partition coefficient (Wildman–Crippen LogP) is 4.33.